The number of amides is 2. The van der Waals surface area contributed by atoms with Crippen molar-refractivity contribution in [3.8, 4) is 17.0 Å². The number of H-pyrrole nitrogens is 1. The molecule has 0 spiro atoms. The molecule has 0 aliphatic heterocycles. The first-order chi connectivity index (χ1) is 15.4. The van der Waals surface area contributed by atoms with E-state index < -0.39 is 12.0 Å². The summed E-state index contributed by atoms with van der Waals surface area (Å²) in [6.07, 6.45) is -1.02. The Balaban J connectivity index is 1.68. The van der Waals surface area contributed by atoms with Crippen molar-refractivity contribution in [2.75, 3.05) is 0 Å². The largest absolute Gasteiger partial charge is 0.476 e. The van der Waals surface area contributed by atoms with Gasteiger partial charge in [-0.05, 0) is 42.5 Å². The molecule has 162 valence electrons. The summed E-state index contributed by atoms with van der Waals surface area (Å²) < 4.78 is 19.4. The summed E-state index contributed by atoms with van der Waals surface area (Å²) >= 11 is 0. The lowest BCUT2D eigenvalue weighted by atomic mass is 10.1. The van der Waals surface area contributed by atoms with E-state index in [-0.39, 0.29) is 17.6 Å². The van der Waals surface area contributed by atoms with Gasteiger partial charge in [0.25, 0.3) is 5.91 Å². The van der Waals surface area contributed by atoms with Gasteiger partial charge >= 0.3 is 0 Å². The third-order valence-corrected chi connectivity index (χ3v) is 5.02. The summed E-state index contributed by atoms with van der Waals surface area (Å²) in [4.78, 5) is 25.0. The van der Waals surface area contributed by atoms with Gasteiger partial charge in [-0.2, -0.15) is 5.10 Å². The van der Waals surface area contributed by atoms with Crippen molar-refractivity contribution in [3.05, 3.63) is 84.2 Å². The van der Waals surface area contributed by atoms with E-state index >= 15 is 0 Å². The lowest BCUT2D eigenvalue weighted by Gasteiger charge is -2.19. The van der Waals surface area contributed by atoms with Gasteiger partial charge in [0.2, 0.25) is 12.0 Å². The molecule has 2 amide bonds. The van der Waals surface area contributed by atoms with Gasteiger partial charge < -0.3 is 4.74 Å². The lowest BCUT2D eigenvalue weighted by Crippen LogP contribution is -2.39. The van der Waals surface area contributed by atoms with Gasteiger partial charge in [-0.15, -0.1) is 0 Å². The maximum absolute atomic E-state index is 13.3. The summed E-state index contributed by atoms with van der Waals surface area (Å²) in [5, 5.41) is 10.5. The number of carbonyl (C=O) groups excluding carboxylic acids is 2. The molecule has 32 heavy (non-hydrogen) atoms. The smallest absolute Gasteiger partial charge is 0.272 e. The Hall–Kier alpha value is -4.00. The van der Waals surface area contributed by atoms with Crippen molar-refractivity contribution in [1.82, 2.24) is 15.5 Å². The Kier molecular flexibility index (Phi) is 5.98. The number of hydrogen-bond acceptors (Lipinski definition) is 4. The summed E-state index contributed by atoms with van der Waals surface area (Å²) in [6, 6.07) is 20.3. The number of carbonyl (C=O) groups is 2. The number of ether oxygens (including phenoxy) is 1. The first-order valence-electron chi connectivity index (χ1n) is 10.2. The van der Waals surface area contributed by atoms with Crippen LogP contribution >= 0.6 is 0 Å². The number of halogens is 1. The van der Waals surface area contributed by atoms with Crippen molar-refractivity contribution in [2.24, 2.45) is 5.92 Å². The number of aromatic nitrogens is 2. The van der Waals surface area contributed by atoms with Crippen LogP contribution in [-0.4, -0.2) is 22.0 Å². The Morgan fingerprint density at radius 2 is 1.69 bits per heavy atom. The molecule has 0 aliphatic rings. The van der Waals surface area contributed by atoms with Crippen LogP contribution in [0.4, 0.5) is 4.39 Å². The van der Waals surface area contributed by atoms with E-state index in [1.165, 1.54) is 12.1 Å². The van der Waals surface area contributed by atoms with Gasteiger partial charge in [-0.25, -0.2) is 4.39 Å². The van der Waals surface area contributed by atoms with Gasteiger partial charge in [0.15, 0.2) is 0 Å². The highest BCUT2D eigenvalue weighted by atomic mass is 19.1. The van der Waals surface area contributed by atoms with Crippen LogP contribution in [0.5, 0.6) is 5.75 Å². The molecule has 0 aliphatic carbocycles. The summed E-state index contributed by atoms with van der Waals surface area (Å²) in [7, 11) is 0. The molecular weight excluding hydrogens is 409 g/mol. The van der Waals surface area contributed by atoms with E-state index in [9.17, 15) is 14.0 Å². The maximum Gasteiger partial charge on any atom is 0.272 e. The van der Waals surface area contributed by atoms with Crippen molar-refractivity contribution in [1.29, 1.82) is 0 Å². The Labute approximate surface area is 184 Å². The zero-order valence-corrected chi connectivity index (χ0v) is 17.6. The monoisotopic (exact) mass is 431 g/mol. The van der Waals surface area contributed by atoms with E-state index in [1.807, 2.05) is 6.07 Å². The molecule has 0 radical (unpaired) electrons. The molecule has 4 aromatic rings. The molecule has 6 nitrogen and oxygen atoms in total. The SMILES string of the molecule is CC(C)C(=O)NC(=O)C(Oc1ccc2[nH]nc(-c3ccc(F)cc3)c2c1)c1ccccc1. The number of benzene rings is 3. The number of nitrogens with zero attached hydrogens (tertiary/aromatic N) is 1. The number of rotatable bonds is 6. The Morgan fingerprint density at radius 3 is 2.38 bits per heavy atom. The van der Waals surface area contributed by atoms with E-state index in [4.69, 9.17) is 4.74 Å². The van der Waals surface area contributed by atoms with Crippen LogP contribution in [0.2, 0.25) is 0 Å². The van der Waals surface area contributed by atoms with Crippen molar-refractivity contribution < 1.29 is 18.7 Å². The minimum absolute atomic E-state index is 0.328. The average molecular weight is 431 g/mol. The third kappa shape index (κ3) is 4.51. The molecular formula is C25H22FN3O3. The maximum atomic E-state index is 13.3. The molecule has 0 fully saturated rings. The molecule has 1 heterocycles. The molecule has 3 aromatic carbocycles. The molecule has 2 N–H and O–H groups in total. The van der Waals surface area contributed by atoms with Crippen LogP contribution in [0, 0.1) is 11.7 Å². The van der Waals surface area contributed by atoms with Gasteiger partial charge in [0, 0.05) is 22.4 Å². The van der Waals surface area contributed by atoms with Crippen LogP contribution in [-0.2, 0) is 9.59 Å². The first-order valence-corrected chi connectivity index (χ1v) is 10.2. The van der Waals surface area contributed by atoms with Crippen LogP contribution in [0.25, 0.3) is 22.2 Å². The first kappa shape index (κ1) is 21.2. The number of fused-ring (bicyclic) bond motifs is 1. The lowest BCUT2D eigenvalue weighted by molar-refractivity contribution is -0.136. The molecule has 0 bridgehead atoms. The number of aromatic amines is 1. The van der Waals surface area contributed by atoms with E-state index in [2.05, 4.69) is 15.5 Å². The number of nitrogens with one attached hydrogen (secondary N) is 2. The van der Waals surface area contributed by atoms with E-state index in [0.29, 0.717) is 17.0 Å². The number of hydrogen-bond donors (Lipinski definition) is 2. The third-order valence-electron chi connectivity index (χ3n) is 5.02. The molecule has 7 heteroatoms. The van der Waals surface area contributed by atoms with Gasteiger partial charge in [-0.1, -0.05) is 44.2 Å². The van der Waals surface area contributed by atoms with Crippen LogP contribution < -0.4 is 10.1 Å². The molecule has 1 unspecified atom stereocenters. The van der Waals surface area contributed by atoms with E-state index in [0.717, 1.165) is 16.5 Å². The highest BCUT2D eigenvalue weighted by molar-refractivity contribution is 5.98. The van der Waals surface area contributed by atoms with Crippen LogP contribution in [0.1, 0.15) is 25.5 Å². The topological polar surface area (TPSA) is 84.1 Å². The minimum Gasteiger partial charge on any atom is -0.476 e. The second-order valence-electron chi connectivity index (χ2n) is 7.70. The molecule has 0 saturated carbocycles. The fourth-order valence-electron chi connectivity index (χ4n) is 3.26. The van der Waals surface area contributed by atoms with Crippen LogP contribution in [0.15, 0.2) is 72.8 Å². The Bertz CT molecular complexity index is 1250. The molecule has 1 aromatic heterocycles. The minimum atomic E-state index is -1.02. The van der Waals surface area contributed by atoms with Crippen molar-refractivity contribution in [3.63, 3.8) is 0 Å². The molecule has 4 rings (SSSR count). The fourth-order valence-corrected chi connectivity index (χ4v) is 3.26. The standard InChI is InChI=1S/C25H22FN3O3/c1-15(2)24(30)27-25(31)23(17-6-4-3-5-7-17)32-19-12-13-21-20(14-19)22(29-28-21)16-8-10-18(26)11-9-16/h3-15,23H,1-2H3,(H,28,29)(H,27,30,31). The van der Waals surface area contributed by atoms with Crippen LogP contribution in [0.3, 0.4) is 0 Å². The zero-order chi connectivity index (χ0) is 22.7. The quantitative estimate of drug-likeness (QED) is 0.460. The second kappa shape index (κ2) is 9.01. The van der Waals surface area contributed by atoms with Crippen molar-refractivity contribution in [2.45, 2.75) is 20.0 Å². The van der Waals surface area contributed by atoms with E-state index in [1.54, 1.807) is 68.4 Å². The normalized spacial score (nSPS) is 12.0. The summed E-state index contributed by atoms with van der Waals surface area (Å²) in [5.74, 6) is -1.14. The van der Waals surface area contributed by atoms with Gasteiger partial charge in [-0.3, -0.25) is 20.0 Å². The number of imide groups is 1. The average Bonchev–Trinajstić information content (AvgIpc) is 3.21. The van der Waals surface area contributed by atoms with Gasteiger partial charge in [0.1, 0.15) is 17.3 Å². The predicted octanol–water partition coefficient (Wildman–Crippen LogP) is 4.79. The molecule has 0 saturated heterocycles. The second-order valence-corrected chi connectivity index (χ2v) is 7.70. The zero-order valence-electron chi connectivity index (χ0n) is 17.6. The van der Waals surface area contributed by atoms with Crippen molar-refractivity contribution >= 4 is 22.7 Å². The summed E-state index contributed by atoms with van der Waals surface area (Å²) in [5.41, 5.74) is 2.77. The highest BCUT2D eigenvalue weighted by Gasteiger charge is 2.25. The Morgan fingerprint density at radius 1 is 0.969 bits per heavy atom. The predicted molar refractivity (Wildman–Crippen MR) is 119 cm³/mol. The highest BCUT2D eigenvalue weighted by Crippen LogP contribution is 2.31. The summed E-state index contributed by atoms with van der Waals surface area (Å²) in [6.45, 7) is 3.43. The molecule has 1 atom stereocenters. The fraction of sp³-hybridized carbons (Fsp3) is 0.160. The van der Waals surface area contributed by atoms with Gasteiger partial charge in [0.05, 0.1) is 5.52 Å².